The van der Waals surface area contributed by atoms with Crippen molar-refractivity contribution in [1.29, 1.82) is 0 Å². The molecule has 0 bridgehead atoms. The summed E-state index contributed by atoms with van der Waals surface area (Å²) in [5, 5.41) is 0.692. The van der Waals surface area contributed by atoms with Gasteiger partial charge in [-0.3, -0.25) is 0 Å². The lowest BCUT2D eigenvalue weighted by Crippen LogP contribution is -2.51. The van der Waals surface area contributed by atoms with E-state index >= 15 is 0 Å². The van der Waals surface area contributed by atoms with Crippen LogP contribution in [0.15, 0.2) is 29.0 Å². The Morgan fingerprint density at radius 3 is 2.62 bits per heavy atom. The van der Waals surface area contributed by atoms with Gasteiger partial charge in [0.05, 0.1) is 5.03 Å². The van der Waals surface area contributed by atoms with Crippen molar-refractivity contribution >= 4 is 11.6 Å². The maximum atomic E-state index is 5.57. The fraction of sp³-hybridized carbons (Fsp3) is 0. The average Bonchev–Trinajstić information content (AvgIpc) is 1.64. The van der Waals surface area contributed by atoms with Crippen LogP contribution in [-0.2, 0) is 0 Å². The molecular weight excluding hydrogens is 122 g/mol. The summed E-state index contributed by atoms with van der Waals surface area (Å²) >= 11 is 5.57. The van der Waals surface area contributed by atoms with Crippen molar-refractivity contribution < 1.29 is 5.73 Å². The van der Waals surface area contributed by atoms with Gasteiger partial charge in [0.1, 0.15) is 0 Å². The molecule has 2 heteroatoms. The number of allylic oxidation sites excluding steroid dienone is 1. The minimum absolute atomic E-state index is 0.692. The lowest BCUT2D eigenvalue weighted by Gasteiger charge is -1.93. The minimum Gasteiger partial charge on any atom is -0.340 e. The monoisotopic (exact) mass is 127 g/mol. The molecule has 1 aliphatic rings. The average molecular weight is 128 g/mol. The smallest absolute Gasteiger partial charge is 0.204 e. The van der Waals surface area contributed by atoms with Crippen molar-refractivity contribution in [2.24, 2.45) is 0 Å². The van der Waals surface area contributed by atoms with Crippen LogP contribution in [0, 0.1) is 6.04 Å². The molecule has 1 rings (SSSR count). The molecule has 0 heterocycles. The van der Waals surface area contributed by atoms with Crippen LogP contribution < -0.4 is 5.73 Å². The summed E-state index contributed by atoms with van der Waals surface area (Å²) in [6, 6.07) is 0.900. The molecule has 8 heavy (non-hydrogen) atoms. The van der Waals surface area contributed by atoms with E-state index in [1.807, 2.05) is 0 Å². The zero-order valence-corrected chi connectivity index (χ0v) is 5.07. The standard InChI is InChI=1S/C6H6ClN/c7-5-2-1-3-6(8)4-5/h2-4H,8H3/q+1. The summed E-state index contributed by atoms with van der Waals surface area (Å²) in [5.41, 5.74) is 6.50. The number of quaternary nitrogens is 1. The van der Waals surface area contributed by atoms with Crippen LogP contribution in [0.1, 0.15) is 0 Å². The number of hydrogen-bond acceptors (Lipinski definition) is 0. The second-order valence-corrected chi connectivity index (χ2v) is 2.00. The molecule has 41 valence electrons. The molecule has 0 aromatic carbocycles. The summed E-state index contributed by atoms with van der Waals surface area (Å²) < 4.78 is 0. The normalized spacial score (nSPS) is 19.0. The van der Waals surface area contributed by atoms with Gasteiger partial charge < -0.3 is 5.73 Å². The minimum atomic E-state index is 0.692. The molecule has 1 aliphatic carbocycles. The second-order valence-electron chi connectivity index (χ2n) is 1.56. The zero-order valence-electron chi connectivity index (χ0n) is 4.32. The molecule has 0 atom stereocenters. The SMILES string of the molecule is [NH3+][C]1C=C=CC(Cl)=C1. The Kier molecular flexibility index (Phi) is 1.54. The van der Waals surface area contributed by atoms with Gasteiger partial charge in [0.15, 0.2) is 0 Å². The Balaban J connectivity index is 2.86. The summed E-state index contributed by atoms with van der Waals surface area (Å²) in [6.45, 7) is 0. The van der Waals surface area contributed by atoms with Gasteiger partial charge in [-0.05, 0) is 6.08 Å². The lowest BCUT2D eigenvalue weighted by atomic mass is 10.2. The highest BCUT2D eigenvalue weighted by Crippen LogP contribution is 2.09. The van der Waals surface area contributed by atoms with Crippen LogP contribution in [0.25, 0.3) is 0 Å². The predicted molar refractivity (Wildman–Crippen MR) is 32.7 cm³/mol. The Morgan fingerprint density at radius 1 is 1.50 bits per heavy atom. The molecule has 0 amide bonds. The molecular formula is C6H6ClN+. The van der Waals surface area contributed by atoms with Gasteiger partial charge in [0.2, 0.25) is 6.04 Å². The fourth-order valence-electron chi connectivity index (χ4n) is 0.489. The van der Waals surface area contributed by atoms with Crippen molar-refractivity contribution in [2.75, 3.05) is 0 Å². The second kappa shape index (κ2) is 2.19. The van der Waals surface area contributed by atoms with Crippen LogP contribution >= 0.6 is 11.6 Å². The number of rotatable bonds is 0. The summed E-state index contributed by atoms with van der Waals surface area (Å²) in [5.74, 6) is 0. The van der Waals surface area contributed by atoms with Crippen LogP contribution in [-0.4, -0.2) is 0 Å². The molecule has 3 N–H and O–H groups in total. The molecule has 0 unspecified atom stereocenters. The van der Waals surface area contributed by atoms with Crippen molar-refractivity contribution in [2.45, 2.75) is 0 Å². The quantitative estimate of drug-likeness (QED) is 0.462. The van der Waals surface area contributed by atoms with E-state index in [1.165, 1.54) is 0 Å². The first-order chi connectivity index (χ1) is 3.79. The molecule has 0 aromatic heterocycles. The third-order valence-corrected chi connectivity index (χ3v) is 1.03. The highest BCUT2D eigenvalue weighted by Gasteiger charge is 2.01. The first kappa shape index (κ1) is 5.64. The van der Waals surface area contributed by atoms with Crippen molar-refractivity contribution in [3.63, 3.8) is 0 Å². The van der Waals surface area contributed by atoms with Crippen LogP contribution in [0.5, 0.6) is 0 Å². The van der Waals surface area contributed by atoms with Gasteiger partial charge in [-0.15, -0.1) is 5.73 Å². The maximum absolute atomic E-state index is 5.57. The van der Waals surface area contributed by atoms with Crippen molar-refractivity contribution in [3.8, 4) is 0 Å². The third-order valence-electron chi connectivity index (χ3n) is 0.813. The van der Waals surface area contributed by atoms with E-state index in [0.29, 0.717) is 5.03 Å². The highest BCUT2D eigenvalue weighted by atomic mass is 35.5. The fourth-order valence-corrected chi connectivity index (χ4v) is 0.692. The van der Waals surface area contributed by atoms with Gasteiger partial charge in [-0.1, -0.05) is 11.6 Å². The Morgan fingerprint density at radius 2 is 2.25 bits per heavy atom. The number of hydrogen-bond donors (Lipinski definition) is 1. The number of halogens is 1. The highest BCUT2D eigenvalue weighted by molar-refractivity contribution is 6.31. The van der Waals surface area contributed by atoms with Crippen molar-refractivity contribution in [1.82, 2.24) is 0 Å². The van der Waals surface area contributed by atoms with Crippen LogP contribution in [0.4, 0.5) is 0 Å². The Labute approximate surface area is 53.1 Å². The van der Waals surface area contributed by atoms with E-state index < -0.39 is 0 Å². The molecule has 0 saturated carbocycles. The summed E-state index contributed by atoms with van der Waals surface area (Å²) in [7, 11) is 0. The lowest BCUT2D eigenvalue weighted by molar-refractivity contribution is -0.330. The first-order valence-electron chi connectivity index (χ1n) is 2.27. The predicted octanol–water partition coefficient (Wildman–Crippen LogP) is 0.608. The van der Waals surface area contributed by atoms with Crippen LogP contribution in [0.3, 0.4) is 0 Å². The summed E-state index contributed by atoms with van der Waals surface area (Å²) in [4.78, 5) is 0. The topological polar surface area (TPSA) is 27.6 Å². The van der Waals surface area contributed by atoms with Gasteiger partial charge in [0.25, 0.3) is 0 Å². The van der Waals surface area contributed by atoms with E-state index in [4.69, 9.17) is 11.6 Å². The first-order valence-corrected chi connectivity index (χ1v) is 2.65. The van der Waals surface area contributed by atoms with E-state index in [-0.39, 0.29) is 0 Å². The van der Waals surface area contributed by atoms with Gasteiger partial charge in [-0.2, -0.15) is 0 Å². The van der Waals surface area contributed by atoms with Gasteiger partial charge in [-0.25, -0.2) is 0 Å². The molecule has 0 aliphatic heterocycles. The van der Waals surface area contributed by atoms with Gasteiger partial charge in [0, 0.05) is 12.2 Å². The van der Waals surface area contributed by atoms with E-state index in [0.717, 1.165) is 6.04 Å². The molecule has 0 spiro atoms. The van der Waals surface area contributed by atoms with Crippen molar-refractivity contribution in [3.05, 3.63) is 35.0 Å². The molecule has 0 aromatic rings. The molecule has 1 nitrogen and oxygen atoms in total. The maximum Gasteiger partial charge on any atom is 0.204 e. The van der Waals surface area contributed by atoms with E-state index in [2.05, 4.69) is 11.5 Å². The third kappa shape index (κ3) is 1.24. The molecule has 0 fully saturated rings. The van der Waals surface area contributed by atoms with E-state index in [1.54, 1.807) is 18.2 Å². The molecule has 1 radical (unpaired) electrons. The zero-order chi connectivity index (χ0) is 5.98. The molecule has 0 saturated heterocycles. The largest absolute Gasteiger partial charge is 0.340 e. The van der Waals surface area contributed by atoms with Gasteiger partial charge >= 0.3 is 0 Å². The Hall–Kier alpha value is -0.490. The summed E-state index contributed by atoms with van der Waals surface area (Å²) in [6.07, 6.45) is 5.28. The Bertz CT molecular complexity index is 175. The van der Waals surface area contributed by atoms with Crippen LogP contribution in [0.2, 0.25) is 0 Å². The van der Waals surface area contributed by atoms with E-state index in [9.17, 15) is 0 Å².